The molecule has 1 heterocycles. The molecule has 0 fully saturated rings. The molecule has 0 bridgehead atoms. The predicted molar refractivity (Wildman–Crippen MR) is 122 cm³/mol. The van der Waals surface area contributed by atoms with Crippen LogP contribution >= 0.6 is 10.5 Å². The molecule has 2 unspecified atom stereocenters. The maximum Gasteiger partial charge on any atom is 0.186 e. The molecule has 4 rings (SSSR count). The number of Topliss-reactive ketones (excluding diaryl/α,β-unsaturated/α-hetero) is 1. The highest BCUT2D eigenvalue weighted by Crippen LogP contribution is 2.43. The van der Waals surface area contributed by atoms with Gasteiger partial charge in [0.2, 0.25) is 0 Å². The molecule has 1 nitrogen and oxygen atoms in total. The first-order valence-electron chi connectivity index (χ1n) is 10.2. The van der Waals surface area contributed by atoms with Crippen LogP contribution in [0.1, 0.15) is 56.0 Å². The fourth-order valence-electron chi connectivity index (χ4n) is 4.43. The van der Waals surface area contributed by atoms with E-state index >= 15 is 0 Å². The number of carbonyl (C=O) groups is 1. The van der Waals surface area contributed by atoms with Crippen LogP contribution in [0.4, 0.5) is 0 Å². The van der Waals surface area contributed by atoms with Crippen molar-refractivity contribution in [3.63, 3.8) is 0 Å². The first kappa shape index (κ1) is 19.1. The van der Waals surface area contributed by atoms with E-state index in [0.717, 1.165) is 5.56 Å². The number of thiophene rings is 1. The summed E-state index contributed by atoms with van der Waals surface area (Å²) in [6.07, 6.45) is 5.34. The normalized spacial score (nSPS) is 17.8. The van der Waals surface area contributed by atoms with Gasteiger partial charge in [0.05, 0.1) is 0 Å². The number of rotatable bonds is 5. The Morgan fingerprint density at radius 1 is 1.07 bits per heavy atom. The third-order valence-electron chi connectivity index (χ3n) is 6.23. The van der Waals surface area contributed by atoms with Gasteiger partial charge in [-0.3, -0.25) is 4.79 Å². The lowest BCUT2D eigenvalue weighted by Gasteiger charge is -2.30. The van der Waals surface area contributed by atoms with Gasteiger partial charge in [0, 0.05) is 33.4 Å². The summed E-state index contributed by atoms with van der Waals surface area (Å²) < 4.78 is 1.39. The van der Waals surface area contributed by atoms with Gasteiger partial charge in [0.25, 0.3) is 0 Å². The minimum Gasteiger partial charge on any atom is -0.294 e. The predicted octanol–water partition coefficient (Wildman–Crippen LogP) is 7.84. The van der Waals surface area contributed by atoms with E-state index in [1.807, 2.05) is 12.1 Å². The molecule has 1 aromatic heterocycles. The summed E-state index contributed by atoms with van der Waals surface area (Å²) in [6.45, 7) is 8.87. The number of hydrogen-bond donors (Lipinski definition) is 0. The van der Waals surface area contributed by atoms with Crippen LogP contribution in [-0.4, -0.2) is 5.78 Å². The molecule has 0 spiro atoms. The van der Waals surface area contributed by atoms with Gasteiger partial charge in [-0.2, -0.15) is 0 Å². The summed E-state index contributed by atoms with van der Waals surface area (Å²) in [7, 11) is -0.0233. The number of carbonyl (C=O) groups excluding carboxylic acids is 1. The second kappa shape index (κ2) is 7.33. The molecule has 0 N–H and O–H groups in total. The van der Waals surface area contributed by atoms with Crippen LogP contribution < -0.4 is 0 Å². The number of ketones is 1. The minimum absolute atomic E-state index is 0.0134. The molecule has 3 aromatic rings. The Hall–Kier alpha value is -2.19. The number of fused-ring (bicyclic) bond motifs is 1. The second-order valence-electron chi connectivity index (χ2n) is 8.91. The van der Waals surface area contributed by atoms with E-state index in [1.165, 1.54) is 39.0 Å². The number of aryl methyl sites for hydroxylation is 1. The van der Waals surface area contributed by atoms with Crippen LogP contribution in [0.5, 0.6) is 0 Å². The van der Waals surface area contributed by atoms with Gasteiger partial charge in [-0.05, 0) is 74.4 Å². The molecule has 1 aliphatic rings. The van der Waals surface area contributed by atoms with Crippen molar-refractivity contribution >= 4 is 26.3 Å². The molecule has 2 aromatic carbocycles. The van der Waals surface area contributed by atoms with Crippen molar-refractivity contribution in [3.8, 4) is 4.90 Å². The number of allylic oxidation sites excluding steroid dienone is 2. The largest absolute Gasteiger partial charge is 0.294 e. The Balaban J connectivity index is 1.55. The second-order valence-corrected chi connectivity index (χ2v) is 10.7. The van der Waals surface area contributed by atoms with E-state index < -0.39 is 0 Å². The fraction of sp³-hybridized carbons (Fsp3) is 0.346. The van der Waals surface area contributed by atoms with Crippen molar-refractivity contribution in [2.75, 3.05) is 0 Å². The molecule has 0 saturated heterocycles. The first-order chi connectivity index (χ1) is 13.3. The molecule has 0 aliphatic heterocycles. The summed E-state index contributed by atoms with van der Waals surface area (Å²) in [5.74, 6) is 0.775. The Morgan fingerprint density at radius 3 is 2.46 bits per heavy atom. The van der Waals surface area contributed by atoms with Crippen LogP contribution in [-0.2, 0) is 0 Å². The van der Waals surface area contributed by atoms with Crippen LogP contribution in [0.15, 0.2) is 65.6 Å². The van der Waals surface area contributed by atoms with Crippen molar-refractivity contribution in [3.05, 3.63) is 76.7 Å². The van der Waals surface area contributed by atoms with E-state index in [0.29, 0.717) is 12.3 Å². The summed E-state index contributed by atoms with van der Waals surface area (Å²) in [5, 5.41) is 3.71. The van der Waals surface area contributed by atoms with E-state index in [4.69, 9.17) is 0 Å². The maximum atomic E-state index is 13.0. The molecular weight excluding hydrogens is 360 g/mol. The standard InChI is InChI=1S/C26H29OS/c1-18-9-12-21(15-18)26(3,4)16-24(27)20-10-13-22(14-11-20)28-17-19(2)23-7-5-6-8-25(23)28/h5-8,10-11,13-15,17,21H,9,12,16H2,1-4H3/q+1. The summed E-state index contributed by atoms with van der Waals surface area (Å²) in [4.78, 5) is 14.2. The van der Waals surface area contributed by atoms with Crippen LogP contribution in [0, 0.1) is 18.3 Å². The third-order valence-corrected chi connectivity index (χ3v) is 8.43. The van der Waals surface area contributed by atoms with Crippen molar-refractivity contribution < 1.29 is 4.79 Å². The van der Waals surface area contributed by atoms with E-state index in [-0.39, 0.29) is 21.7 Å². The monoisotopic (exact) mass is 389 g/mol. The summed E-state index contributed by atoms with van der Waals surface area (Å²) >= 11 is 0. The lowest BCUT2D eigenvalue weighted by molar-refractivity contribution is 0.0901. The highest BCUT2D eigenvalue weighted by Gasteiger charge is 2.33. The molecule has 0 saturated carbocycles. The molecule has 144 valence electrons. The van der Waals surface area contributed by atoms with Crippen molar-refractivity contribution in [1.82, 2.24) is 0 Å². The maximum absolute atomic E-state index is 13.0. The zero-order chi connectivity index (χ0) is 19.9. The van der Waals surface area contributed by atoms with Gasteiger partial charge in [-0.25, -0.2) is 0 Å². The van der Waals surface area contributed by atoms with Gasteiger partial charge in [-0.1, -0.05) is 37.6 Å². The average Bonchev–Trinajstić information content (AvgIpc) is 3.26. The summed E-state index contributed by atoms with van der Waals surface area (Å²) in [6, 6.07) is 17.0. The van der Waals surface area contributed by atoms with Gasteiger partial charge < -0.3 is 0 Å². The molecule has 1 aliphatic carbocycles. The smallest absolute Gasteiger partial charge is 0.186 e. The molecule has 28 heavy (non-hydrogen) atoms. The highest BCUT2D eigenvalue weighted by atomic mass is 32.2. The average molecular weight is 390 g/mol. The fourth-order valence-corrected chi connectivity index (χ4v) is 6.54. The Bertz CT molecular complexity index is 1050. The highest BCUT2D eigenvalue weighted by molar-refractivity contribution is 7.43. The number of benzene rings is 2. The SMILES string of the molecule is CC1=CC(C(C)(C)CC(=O)c2ccc(-[s+]3cc(C)c4ccccc43)cc2)CC1. The van der Waals surface area contributed by atoms with Gasteiger partial charge in [-0.15, -0.1) is 0 Å². The molecular formula is C26H29OS+. The van der Waals surface area contributed by atoms with Crippen molar-refractivity contribution in [2.45, 2.75) is 47.0 Å². The minimum atomic E-state index is -0.0233. The molecule has 0 radical (unpaired) electrons. The van der Waals surface area contributed by atoms with Crippen LogP contribution in [0.2, 0.25) is 0 Å². The Kier molecular flexibility index (Phi) is 5.01. The van der Waals surface area contributed by atoms with Gasteiger partial charge in [0.1, 0.15) is 5.38 Å². The van der Waals surface area contributed by atoms with Crippen LogP contribution in [0.3, 0.4) is 0 Å². The molecule has 2 heteroatoms. The van der Waals surface area contributed by atoms with Crippen LogP contribution in [0.25, 0.3) is 15.0 Å². The van der Waals surface area contributed by atoms with E-state index in [1.54, 1.807) is 0 Å². The summed E-state index contributed by atoms with van der Waals surface area (Å²) in [5.41, 5.74) is 3.67. The van der Waals surface area contributed by atoms with Crippen molar-refractivity contribution in [2.24, 2.45) is 11.3 Å². The molecule has 2 atom stereocenters. The Labute approximate surface area is 171 Å². The zero-order valence-electron chi connectivity index (χ0n) is 17.3. The first-order valence-corrected chi connectivity index (χ1v) is 11.5. The molecule has 0 amide bonds. The lowest BCUT2D eigenvalue weighted by atomic mass is 9.74. The Morgan fingerprint density at radius 2 is 1.79 bits per heavy atom. The topological polar surface area (TPSA) is 17.1 Å². The lowest BCUT2D eigenvalue weighted by Crippen LogP contribution is -2.24. The van der Waals surface area contributed by atoms with E-state index in [9.17, 15) is 4.79 Å². The quantitative estimate of drug-likeness (QED) is 0.247. The van der Waals surface area contributed by atoms with Gasteiger partial charge in [0.15, 0.2) is 15.4 Å². The van der Waals surface area contributed by atoms with E-state index in [2.05, 4.69) is 75.5 Å². The zero-order valence-corrected chi connectivity index (χ0v) is 18.1. The third kappa shape index (κ3) is 3.58. The number of hydrogen-bond acceptors (Lipinski definition) is 1. The van der Waals surface area contributed by atoms with Crippen molar-refractivity contribution in [1.29, 1.82) is 0 Å². The van der Waals surface area contributed by atoms with Gasteiger partial charge >= 0.3 is 0 Å².